The first-order chi connectivity index (χ1) is 16.6. The molecule has 0 atom stereocenters. The fourth-order valence-corrected chi connectivity index (χ4v) is 4.36. The van der Waals surface area contributed by atoms with Crippen molar-refractivity contribution < 1.29 is 23.7 Å². The summed E-state index contributed by atoms with van der Waals surface area (Å²) in [6, 6.07) is 12.3. The number of carbonyl (C=O) groups excluding carboxylic acids is 3. The maximum Gasteiger partial charge on any atom is 0.294 e. The number of nitro benzene ring substituents is 1. The van der Waals surface area contributed by atoms with E-state index in [1.165, 1.54) is 18.2 Å². The molecule has 0 radical (unpaired) electrons. The molecule has 0 aliphatic carbocycles. The topological polar surface area (TPSA) is 123 Å². The molecular formula is C23H15Cl2N3O6S. The van der Waals surface area contributed by atoms with Crippen LogP contribution in [0.1, 0.15) is 11.3 Å². The van der Waals surface area contributed by atoms with Gasteiger partial charge in [0.1, 0.15) is 23.1 Å². The minimum Gasteiger partial charge on any atom is -0.457 e. The highest BCUT2D eigenvalue weighted by Crippen LogP contribution is 2.35. The van der Waals surface area contributed by atoms with Crippen molar-refractivity contribution in [3.8, 4) is 11.3 Å². The molecule has 1 N–H and O–H groups in total. The van der Waals surface area contributed by atoms with Crippen molar-refractivity contribution in [1.82, 2.24) is 4.90 Å². The molecule has 178 valence electrons. The molecule has 2 heterocycles. The molecule has 2 aromatic carbocycles. The Kier molecular flexibility index (Phi) is 6.97. The third-order valence-electron chi connectivity index (χ3n) is 4.96. The van der Waals surface area contributed by atoms with Crippen molar-refractivity contribution in [2.24, 2.45) is 0 Å². The quantitative estimate of drug-likeness (QED) is 0.230. The van der Waals surface area contributed by atoms with E-state index in [4.69, 9.17) is 27.6 Å². The number of hydrogen-bond acceptors (Lipinski definition) is 7. The summed E-state index contributed by atoms with van der Waals surface area (Å²) in [5.41, 5.74) is 1.44. The number of hydrogen-bond donors (Lipinski definition) is 1. The van der Waals surface area contributed by atoms with Gasteiger partial charge in [-0.2, -0.15) is 0 Å². The molecule has 1 aliphatic heterocycles. The van der Waals surface area contributed by atoms with Gasteiger partial charge in [-0.1, -0.05) is 29.3 Å². The molecule has 0 spiro atoms. The summed E-state index contributed by atoms with van der Waals surface area (Å²) < 4.78 is 5.68. The zero-order chi connectivity index (χ0) is 25.3. The van der Waals surface area contributed by atoms with Crippen molar-refractivity contribution in [3.63, 3.8) is 0 Å². The second kappa shape index (κ2) is 9.95. The summed E-state index contributed by atoms with van der Waals surface area (Å²) in [5.74, 6) is -0.636. The minimum absolute atomic E-state index is 0.00582. The maximum atomic E-state index is 12.7. The van der Waals surface area contributed by atoms with Gasteiger partial charge in [0.25, 0.3) is 16.8 Å². The Balaban J connectivity index is 1.47. The van der Waals surface area contributed by atoms with Crippen LogP contribution in [-0.4, -0.2) is 33.4 Å². The van der Waals surface area contributed by atoms with E-state index in [0.29, 0.717) is 33.8 Å². The Morgan fingerprint density at radius 2 is 1.91 bits per heavy atom. The number of imide groups is 1. The summed E-state index contributed by atoms with van der Waals surface area (Å²) in [5, 5.41) is 13.6. The molecule has 1 aliphatic rings. The summed E-state index contributed by atoms with van der Waals surface area (Å²) in [6.45, 7) is 1.35. The number of thioether (sulfide) groups is 1. The van der Waals surface area contributed by atoms with Crippen LogP contribution in [0.2, 0.25) is 10.0 Å². The lowest BCUT2D eigenvalue weighted by atomic mass is 10.1. The van der Waals surface area contributed by atoms with E-state index < -0.39 is 28.5 Å². The van der Waals surface area contributed by atoms with Crippen molar-refractivity contribution in [2.45, 2.75) is 6.92 Å². The number of aryl methyl sites for hydroxylation is 1. The molecule has 1 fully saturated rings. The van der Waals surface area contributed by atoms with Crippen LogP contribution in [-0.2, 0) is 9.59 Å². The molecule has 12 heteroatoms. The number of rotatable bonds is 6. The number of carbonyl (C=O) groups is 3. The first-order valence-electron chi connectivity index (χ1n) is 9.98. The lowest BCUT2D eigenvalue weighted by Crippen LogP contribution is -2.36. The molecule has 4 rings (SSSR count). The number of amides is 3. The number of nitro groups is 1. The van der Waals surface area contributed by atoms with E-state index in [1.54, 1.807) is 36.4 Å². The minimum atomic E-state index is -0.642. The third-order valence-corrected chi connectivity index (χ3v) is 6.59. The lowest BCUT2D eigenvalue weighted by Gasteiger charge is -2.12. The maximum absolute atomic E-state index is 12.7. The van der Waals surface area contributed by atoms with Crippen LogP contribution in [0.4, 0.5) is 16.2 Å². The van der Waals surface area contributed by atoms with Gasteiger partial charge in [-0.05, 0) is 60.6 Å². The van der Waals surface area contributed by atoms with E-state index in [1.807, 2.05) is 6.92 Å². The van der Waals surface area contributed by atoms with Crippen molar-refractivity contribution in [1.29, 1.82) is 0 Å². The third kappa shape index (κ3) is 5.40. The average Bonchev–Trinajstić information content (AvgIpc) is 3.37. The number of benzene rings is 2. The standard InChI is InChI=1S/C23H15Cl2N3O6S/c1-12-2-4-14(9-17(12)25)26-21(29)11-27-22(30)20(35-23(27)31)10-15-5-7-19(34-15)13-3-6-16(24)18(8-13)28(32)33/h2-10H,11H2,1H3,(H,26,29)/b20-10+. The zero-order valence-electron chi connectivity index (χ0n) is 17.9. The second-order valence-corrected chi connectivity index (χ2v) is 9.21. The van der Waals surface area contributed by atoms with E-state index >= 15 is 0 Å². The summed E-state index contributed by atoms with van der Waals surface area (Å²) in [6.07, 6.45) is 1.37. The number of anilines is 1. The van der Waals surface area contributed by atoms with Gasteiger partial charge in [-0.25, -0.2) is 0 Å². The second-order valence-electron chi connectivity index (χ2n) is 7.41. The zero-order valence-corrected chi connectivity index (χ0v) is 20.2. The molecule has 3 amide bonds. The molecule has 1 saturated heterocycles. The van der Waals surface area contributed by atoms with Crippen LogP contribution in [0, 0.1) is 17.0 Å². The van der Waals surface area contributed by atoms with E-state index in [-0.39, 0.29) is 21.4 Å². The van der Waals surface area contributed by atoms with Crippen molar-refractivity contribution >= 4 is 69.5 Å². The van der Waals surface area contributed by atoms with Gasteiger partial charge < -0.3 is 9.73 Å². The van der Waals surface area contributed by atoms with Crippen LogP contribution in [0.25, 0.3) is 17.4 Å². The van der Waals surface area contributed by atoms with Gasteiger partial charge in [0, 0.05) is 28.4 Å². The summed E-state index contributed by atoms with van der Waals surface area (Å²) in [7, 11) is 0. The number of nitrogens with one attached hydrogen (secondary N) is 1. The van der Waals surface area contributed by atoms with Crippen LogP contribution < -0.4 is 5.32 Å². The van der Waals surface area contributed by atoms with Crippen LogP contribution >= 0.6 is 35.0 Å². The fraction of sp³-hybridized carbons (Fsp3) is 0.0870. The normalized spacial score (nSPS) is 14.6. The first-order valence-corrected chi connectivity index (χ1v) is 11.5. The number of furan rings is 1. The van der Waals surface area contributed by atoms with E-state index in [2.05, 4.69) is 5.32 Å². The number of halogens is 2. The SMILES string of the molecule is Cc1ccc(NC(=O)CN2C(=O)S/C(=C/c3ccc(-c4ccc(Cl)c([N+](=O)[O-])c4)o3)C2=O)cc1Cl. The lowest BCUT2D eigenvalue weighted by molar-refractivity contribution is -0.384. The average molecular weight is 532 g/mol. The van der Waals surface area contributed by atoms with Crippen LogP contribution in [0.3, 0.4) is 0 Å². The Labute approximate surface area is 212 Å². The molecular weight excluding hydrogens is 517 g/mol. The molecule has 0 saturated carbocycles. The van der Waals surface area contributed by atoms with Crippen molar-refractivity contribution in [2.75, 3.05) is 11.9 Å². The van der Waals surface area contributed by atoms with Gasteiger partial charge in [0.2, 0.25) is 5.91 Å². The smallest absolute Gasteiger partial charge is 0.294 e. The van der Waals surface area contributed by atoms with Gasteiger partial charge in [0.15, 0.2) is 0 Å². The Morgan fingerprint density at radius 3 is 2.63 bits per heavy atom. The predicted octanol–water partition coefficient (Wildman–Crippen LogP) is 6.15. The van der Waals surface area contributed by atoms with Gasteiger partial charge in [-0.3, -0.25) is 29.4 Å². The summed E-state index contributed by atoms with van der Waals surface area (Å²) in [4.78, 5) is 48.9. The monoisotopic (exact) mass is 531 g/mol. The largest absolute Gasteiger partial charge is 0.457 e. The molecule has 9 nitrogen and oxygen atoms in total. The molecule has 1 aromatic heterocycles. The van der Waals surface area contributed by atoms with E-state index in [9.17, 15) is 24.5 Å². The Hall–Kier alpha value is -3.60. The Morgan fingerprint density at radius 1 is 1.14 bits per heavy atom. The molecule has 35 heavy (non-hydrogen) atoms. The first kappa shape index (κ1) is 24.5. The van der Waals surface area contributed by atoms with E-state index in [0.717, 1.165) is 10.5 Å². The van der Waals surface area contributed by atoms with Crippen LogP contribution in [0.15, 0.2) is 57.9 Å². The van der Waals surface area contributed by atoms with Crippen molar-refractivity contribution in [3.05, 3.63) is 84.9 Å². The number of nitrogens with zero attached hydrogens (tertiary/aromatic N) is 2. The fourth-order valence-electron chi connectivity index (χ4n) is 3.17. The molecule has 0 unspecified atom stereocenters. The Bertz CT molecular complexity index is 1420. The van der Waals surface area contributed by atoms with Gasteiger partial charge in [0.05, 0.1) is 9.83 Å². The van der Waals surface area contributed by atoms with Gasteiger partial charge in [-0.15, -0.1) is 0 Å². The highest BCUT2D eigenvalue weighted by molar-refractivity contribution is 8.18. The van der Waals surface area contributed by atoms with Crippen LogP contribution in [0.5, 0.6) is 0 Å². The highest BCUT2D eigenvalue weighted by Gasteiger charge is 2.36. The summed E-state index contributed by atoms with van der Waals surface area (Å²) >= 11 is 12.6. The molecule has 3 aromatic rings. The predicted molar refractivity (Wildman–Crippen MR) is 133 cm³/mol. The highest BCUT2D eigenvalue weighted by atomic mass is 35.5. The molecule has 0 bridgehead atoms. The van der Waals surface area contributed by atoms with Gasteiger partial charge >= 0.3 is 0 Å².